The molecule has 0 atom stereocenters. The number of hydrogen-bond donors (Lipinski definition) is 2. The highest BCUT2D eigenvalue weighted by Gasteiger charge is 2.02. The van der Waals surface area contributed by atoms with Gasteiger partial charge in [-0.2, -0.15) is 11.8 Å². The molecule has 5 nitrogen and oxygen atoms in total. The number of anilines is 1. The van der Waals surface area contributed by atoms with Crippen molar-refractivity contribution in [3.8, 4) is 5.75 Å². The van der Waals surface area contributed by atoms with Gasteiger partial charge in [-0.25, -0.2) is 0 Å². The number of nitrogens with one attached hydrogen (secondary N) is 1. The Labute approximate surface area is 127 Å². The minimum absolute atomic E-state index is 0.114. The smallest absolute Gasteiger partial charge is 0.255 e. The number of ether oxygens (including phenoxy) is 1. The lowest BCUT2D eigenvalue weighted by molar-refractivity contribution is -0.119. The fourth-order valence-corrected chi connectivity index (χ4v) is 2.19. The summed E-state index contributed by atoms with van der Waals surface area (Å²) in [4.78, 5) is 10.6. The largest absolute Gasteiger partial charge is 0.484 e. The highest BCUT2D eigenvalue weighted by Crippen LogP contribution is 2.18. The van der Waals surface area contributed by atoms with Gasteiger partial charge in [0.15, 0.2) is 6.61 Å². The summed E-state index contributed by atoms with van der Waals surface area (Å²) in [7, 11) is 0. The van der Waals surface area contributed by atoms with Crippen molar-refractivity contribution in [2.45, 2.75) is 12.3 Å². The molecule has 0 spiro atoms. The fourth-order valence-electron chi connectivity index (χ4n) is 1.75. The van der Waals surface area contributed by atoms with E-state index in [9.17, 15) is 4.79 Å². The summed E-state index contributed by atoms with van der Waals surface area (Å²) in [5.74, 6) is 2.88. The van der Waals surface area contributed by atoms with E-state index in [0.29, 0.717) is 12.3 Å². The molecule has 0 saturated carbocycles. The zero-order valence-corrected chi connectivity index (χ0v) is 12.6. The molecule has 2 rings (SSSR count). The molecule has 0 fully saturated rings. The Morgan fingerprint density at radius 3 is 2.62 bits per heavy atom. The third-order valence-electron chi connectivity index (χ3n) is 2.71. The Balaban J connectivity index is 1.83. The molecular weight excluding hydrogens is 288 g/mol. The molecule has 0 unspecified atom stereocenters. The van der Waals surface area contributed by atoms with Crippen LogP contribution in [-0.2, 0) is 17.1 Å². The molecule has 0 radical (unpaired) electrons. The number of carbonyl (C=O) groups excluding carboxylic acids is 1. The van der Waals surface area contributed by atoms with Gasteiger partial charge in [-0.05, 0) is 42.7 Å². The first kappa shape index (κ1) is 15.3. The number of primary amides is 1. The van der Waals surface area contributed by atoms with Crippen LogP contribution in [0.2, 0.25) is 0 Å². The van der Waals surface area contributed by atoms with Crippen molar-refractivity contribution in [2.24, 2.45) is 5.73 Å². The van der Waals surface area contributed by atoms with Crippen LogP contribution >= 0.6 is 11.8 Å². The van der Waals surface area contributed by atoms with Crippen LogP contribution in [0, 0.1) is 0 Å². The van der Waals surface area contributed by atoms with Crippen molar-refractivity contribution in [3.63, 3.8) is 0 Å². The van der Waals surface area contributed by atoms with Gasteiger partial charge in [0.1, 0.15) is 17.3 Å². The number of hydrogen-bond acceptors (Lipinski definition) is 5. The highest BCUT2D eigenvalue weighted by molar-refractivity contribution is 7.97. The Kier molecular flexibility index (Phi) is 5.57. The van der Waals surface area contributed by atoms with Gasteiger partial charge in [0.05, 0.1) is 12.3 Å². The predicted octanol–water partition coefficient (Wildman–Crippen LogP) is 2.62. The van der Waals surface area contributed by atoms with Gasteiger partial charge in [0.25, 0.3) is 5.91 Å². The molecule has 1 amide bonds. The van der Waals surface area contributed by atoms with Crippen LogP contribution < -0.4 is 15.8 Å². The average Bonchev–Trinajstić information content (AvgIpc) is 2.92. The molecule has 21 heavy (non-hydrogen) atoms. The van der Waals surface area contributed by atoms with Gasteiger partial charge in [-0.15, -0.1) is 0 Å². The number of carbonyl (C=O) groups is 1. The van der Waals surface area contributed by atoms with Gasteiger partial charge in [-0.1, -0.05) is 0 Å². The molecule has 0 bridgehead atoms. The predicted molar refractivity (Wildman–Crippen MR) is 84.4 cm³/mol. The number of rotatable bonds is 8. The number of furan rings is 1. The zero-order chi connectivity index (χ0) is 15.1. The first-order chi connectivity index (χ1) is 10.2. The standard InChI is InChI=1S/C15H18N2O3S/c1-21-10-14-7-6-13(20-14)8-17-11-2-4-12(5-3-11)19-9-15(16)18/h2-7,17H,8-10H2,1H3,(H2,16,18). The average molecular weight is 306 g/mol. The van der Waals surface area contributed by atoms with Crippen molar-refractivity contribution >= 4 is 23.4 Å². The van der Waals surface area contributed by atoms with E-state index >= 15 is 0 Å². The van der Waals surface area contributed by atoms with E-state index in [-0.39, 0.29) is 6.61 Å². The van der Waals surface area contributed by atoms with E-state index in [0.717, 1.165) is 23.0 Å². The molecule has 3 N–H and O–H groups in total. The summed E-state index contributed by atoms with van der Waals surface area (Å²) in [6, 6.07) is 11.3. The molecule has 1 aromatic heterocycles. The lowest BCUT2D eigenvalue weighted by atomic mass is 10.3. The molecule has 1 heterocycles. The summed E-state index contributed by atoms with van der Waals surface area (Å²) in [5, 5.41) is 3.26. The van der Waals surface area contributed by atoms with Crippen molar-refractivity contribution < 1.29 is 13.9 Å². The van der Waals surface area contributed by atoms with Crippen LogP contribution in [-0.4, -0.2) is 18.8 Å². The molecule has 112 valence electrons. The summed E-state index contributed by atoms with van der Waals surface area (Å²) < 4.78 is 10.9. The van der Waals surface area contributed by atoms with Crippen LogP contribution in [0.5, 0.6) is 5.75 Å². The summed E-state index contributed by atoms with van der Waals surface area (Å²) in [6.45, 7) is 0.507. The molecule has 6 heteroatoms. The van der Waals surface area contributed by atoms with E-state index in [1.54, 1.807) is 23.9 Å². The highest BCUT2D eigenvalue weighted by atomic mass is 32.2. The number of thioether (sulfide) groups is 1. The minimum Gasteiger partial charge on any atom is -0.484 e. The molecule has 0 saturated heterocycles. The molecule has 1 aromatic carbocycles. The Morgan fingerprint density at radius 1 is 1.24 bits per heavy atom. The van der Waals surface area contributed by atoms with Crippen LogP contribution in [0.15, 0.2) is 40.8 Å². The van der Waals surface area contributed by atoms with Crippen LogP contribution in [0.25, 0.3) is 0 Å². The monoisotopic (exact) mass is 306 g/mol. The van der Waals surface area contributed by atoms with E-state index in [2.05, 4.69) is 5.32 Å². The third-order valence-corrected chi connectivity index (χ3v) is 3.28. The van der Waals surface area contributed by atoms with Crippen molar-refractivity contribution in [3.05, 3.63) is 47.9 Å². The lowest BCUT2D eigenvalue weighted by Crippen LogP contribution is -2.19. The summed E-state index contributed by atoms with van der Waals surface area (Å²) in [5.41, 5.74) is 5.97. The van der Waals surface area contributed by atoms with E-state index in [1.807, 2.05) is 30.5 Å². The quantitative estimate of drug-likeness (QED) is 0.784. The van der Waals surface area contributed by atoms with Crippen molar-refractivity contribution in [1.29, 1.82) is 0 Å². The van der Waals surface area contributed by atoms with Gasteiger partial charge >= 0.3 is 0 Å². The molecular formula is C15H18N2O3S. The zero-order valence-electron chi connectivity index (χ0n) is 11.8. The third kappa shape index (κ3) is 5.07. The first-order valence-corrected chi connectivity index (χ1v) is 7.88. The van der Waals surface area contributed by atoms with Crippen LogP contribution in [0.1, 0.15) is 11.5 Å². The van der Waals surface area contributed by atoms with Gasteiger partial charge in [0.2, 0.25) is 0 Å². The molecule has 2 aromatic rings. The lowest BCUT2D eigenvalue weighted by Gasteiger charge is -2.07. The van der Waals surface area contributed by atoms with E-state index in [4.69, 9.17) is 14.9 Å². The van der Waals surface area contributed by atoms with Gasteiger partial charge in [-0.3, -0.25) is 4.79 Å². The molecule has 0 aliphatic rings. The Bertz CT molecular complexity index is 581. The molecule has 0 aliphatic carbocycles. The van der Waals surface area contributed by atoms with Crippen LogP contribution in [0.3, 0.4) is 0 Å². The Hall–Kier alpha value is -2.08. The molecule has 0 aliphatic heterocycles. The maximum atomic E-state index is 10.6. The maximum absolute atomic E-state index is 10.6. The summed E-state index contributed by atoms with van der Waals surface area (Å²) >= 11 is 1.73. The summed E-state index contributed by atoms with van der Waals surface area (Å²) in [6.07, 6.45) is 2.04. The first-order valence-electron chi connectivity index (χ1n) is 6.49. The van der Waals surface area contributed by atoms with Gasteiger partial charge < -0.3 is 20.2 Å². The van der Waals surface area contributed by atoms with E-state index in [1.165, 1.54) is 0 Å². The SMILES string of the molecule is CSCc1ccc(CNc2ccc(OCC(N)=O)cc2)o1. The van der Waals surface area contributed by atoms with Crippen LogP contribution in [0.4, 0.5) is 5.69 Å². The van der Waals surface area contributed by atoms with Gasteiger partial charge in [0, 0.05) is 5.69 Å². The second-order valence-electron chi connectivity index (χ2n) is 4.43. The number of benzene rings is 1. The van der Waals surface area contributed by atoms with Crippen molar-refractivity contribution in [1.82, 2.24) is 0 Å². The minimum atomic E-state index is -0.490. The van der Waals surface area contributed by atoms with Crippen molar-refractivity contribution in [2.75, 3.05) is 18.2 Å². The second kappa shape index (κ2) is 7.64. The Morgan fingerprint density at radius 2 is 1.95 bits per heavy atom. The fraction of sp³-hybridized carbons (Fsp3) is 0.267. The topological polar surface area (TPSA) is 77.5 Å². The second-order valence-corrected chi connectivity index (χ2v) is 5.30. The number of amides is 1. The maximum Gasteiger partial charge on any atom is 0.255 e. The van der Waals surface area contributed by atoms with E-state index < -0.39 is 5.91 Å². The normalized spacial score (nSPS) is 10.3. The number of nitrogens with two attached hydrogens (primary N) is 1.